The fourth-order valence-corrected chi connectivity index (χ4v) is 0.854. The summed E-state index contributed by atoms with van der Waals surface area (Å²) in [5.74, 6) is 0.250. The summed E-state index contributed by atoms with van der Waals surface area (Å²) in [5, 5.41) is 16.7. The quantitative estimate of drug-likeness (QED) is 0.264. The number of carbonyl (C=O) groups is 1. The van der Waals surface area contributed by atoms with Gasteiger partial charge in [0.15, 0.2) is 0 Å². The van der Waals surface area contributed by atoms with Crippen LogP contribution in [0.25, 0.3) is 0 Å². The molecular weight excluding hydrogens is 300 g/mol. The zero-order chi connectivity index (χ0) is 17.3. The maximum atomic E-state index is 8.33. The Balaban J connectivity index is 0.000000326. The molecule has 2 heterocycles. The molecule has 0 aliphatic carbocycles. The molecule has 0 spiro atoms. The maximum Gasteiger partial charge on any atom is 0.226 e. The molecule has 2 rings (SSSR count). The summed E-state index contributed by atoms with van der Waals surface area (Å²) < 4.78 is 0. The Kier molecular flexibility index (Phi) is 6.82. The lowest BCUT2D eigenvalue weighted by Gasteiger charge is -1.96. The van der Waals surface area contributed by atoms with Crippen molar-refractivity contribution in [3.63, 3.8) is 0 Å². The van der Waals surface area contributed by atoms with Gasteiger partial charge in [-0.1, -0.05) is 0 Å². The summed E-state index contributed by atoms with van der Waals surface area (Å²) in [7, 11) is 0. The van der Waals surface area contributed by atoms with Gasteiger partial charge in [0, 0.05) is 0 Å². The van der Waals surface area contributed by atoms with Crippen LogP contribution in [-0.4, -0.2) is 36.1 Å². The molecule has 120 valence electrons. The number of aromatic nitrogens is 6. The Morgan fingerprint density at radius 2 is 0.636 bits per heavy atom. The Bertz CT molecular complexity index is 480. The highest BCUT2D eigenvalue weighted by Gasteiger charge is 1.94. The second-order valence-corrected chi connectivity index (χ2v) is 3.07. The zero-order valence-electron chi connectivity index (χ0n) is 10.9. The van der Waals surface area contributed by atoms with Gasteiger partial charge >= 0.3 is 0 Å². The molecule has 0 saturated heterocycles. The molecule has 0 saturated carbocycles. The molecule has 15 heteroatoms. The predicted molar refractivity (Wildman–Crippen MR) is 71.5 cm³/mol. The van der Waals surface area contributed by atoms with Gasteiger partial charge in [-0.05, 0) is 6.16 Å². The Labute approximate surface area is 122 Å². The van der Waals surface area contributed by atoms with Crippen LogP contribution in [0, 0.1) is 0 Å². The topological polar surface area (TPSA) is 297 Å². The van der Waals surface area contributed by atoms with E-state index in [1.807, 2.05) is 0 Å². The molecule has 0 aromatic carbocycles. The van der Waals surface area contributed by atoms with Crippen molar-refractivity contribution in [3.8, 4) is 0 Å². The number of hydrogen-bond acceptors (Lipinski definition) is 15. The van der Waals surface area contributed by atoms with E-state index in [1.54, 1.807) is 0 Å². The summed E-state index contributed by atoms with van der Waals surface area (Å²) in [6.07, 6.45) is -2.33. The average Bonchev–Trinajstić information content (AvgIpc) is 2.23. The van der Waals surface area contributed by atoms with Gasteiger partial charge in [0.05, 0.1) is 0 Å². The highest BCUT2D eigenvalue weighted by Crippen LogP contribution is 1.98. The first kappa shape index (κ1) is 18.1. The Morgan fingerprint density at radius 3 is 0.727 bits per heavy atom. The third-order valence-corrected chi connectivity index (χ3v) is 1.37. The van der Waals surface area contributed by atoms with Crippen LogP contribution in [0.15, 0.2) is 0 Å². The smallest absolute Gasteiger partial charge is 0.226 e. The predicted octanol–water partition coefficient (Wildman–Crippen LogP) is -5.21. The van der Waals surface area contributed by atoms with Crippen molar-refractivity contribution in [3.05, 3.63) is 0 Å². The fraction of sp³-hybridized carbons (Fsp3) is 0. The standard InChI is InChI=1S/2C3H6N6.CH2O3/c2*4-1-7-2(5)9-3(6)8-1;2-1(3)4/h2*(H6,4,5,6,7,8,9);(H2,2,3,4)/p-2. The van der Waals surface area contributed by atoms with Crippen molar-refractivity contribution in [2.45, 2.75) is 0 Å². The number of nitrogens with zero attached hydrogens (tertiary/aromatic N) is 6. The lowest BCUT2D eigenvalue weighted by Crippen LogP contribution is -2.37. The summed E-state index contributed by atoms with van der Waals surface area (Å²) >= 11 is 0. The van der Waals surface area contributed by atoms with Crippen LogP contribution in [-0.2, 0) is 0 Å². The molecule has 0 bridgehead atoms. The van der Waals surface area contributed by atoms with Gasteiger partial charge in [-0.3, -0.25) is 0 Å². The lowest BCUT2D eigenvalue weighted by atomic mass is 10.9. The summed E-state index contributed by atoms with van der Waals surface area (Å²) in [5.41, 5.74) is 30.8. The number of nitrogen functional groups attached to an aromatic ring is 6. The van der Waals surface area contributed by atoms with Gasteiger partial charge in [0.2, 0.25) is 35.7 Å². The highest BCUT2D eigenvalue weighted by molar-refractivity contribution is 5.47. The van der Waals surface area contributed by atoms with E-state index in [2.05, 4.69) is 29.9 Å². The maximum absolute atomic E-state index is 8.33. The van der Waals surface area contributed by atoms with Crippen LogP contribution in [0.5, 0.6) is 0 Å². The highest BCUT2D eigenvalue weighted by atomic mass is 16.6. The normalized spacial score (nSPS) is 8.73. The van der Waals surface area contributed by atoms with Gasteiger partial charge in [-0.25, -0.2) is 0 Å². The van der Waals surface area contributed by atoms with Gasteiger partial charge in [-0.2, -0.15) is 29.9 Å². The van der Waals surface area contributed by atoms with E-state index in [-0.39, 0.29) is 35.7 Å². The minimum absolute atomic E-state index is 0.0417. The largest absolute Gasteiger partial charge is 0.652 e. The molecule has 0 amide bonds. The van der Waals surface area contributed by atoms with Crippen LogP contribution in [0.1, 0.15) is 0 Å². The van der Waals surface area contributed by atoms with Gasteiger partial charge in [0.1, 0.15) is 0 Å². The number of carbonyl (C=O) groups excluding carboxylic acids is 1. The lowest BCUT2D eigenvalue weighted by molar-refractivity contribution is -0.415. The number of rotatable bonds is 0. The third kappa shape index (κ3) is 9.08. The fourth-order valence-electron chi connectivity index (χ4n) is 0.854. The number of hydrogen-bond donors (Lipinski definition) is 6. The van der Waals surface area contributed by atoms with Crippen LogP contribution in [0.3, 0.4) is 0 Å². The summed E-state index contributed by atoms with van der Waals surface area (Å²) in [6, 6.07) is 0. The van der Waals surface area contributed by atoms with Crippen LogP contribution < -0.4 is 44.6 Å². The number of carboxylic acid groups (broad SMARTS) is 2. The number of anilines is 6. The molecule has 0 aliphatic rings. The van der Waals surface area contributed by atoms with E-state index in [1.165, 1.54) is 0 Å². The molecule has 0 atom stereocenters. The van der Waals surface area contributed by atoms with Crippen molar-refractivity contribution >= 4 is 41.8 Å². The molecule has 0 fully saturated rings. The molecule has 0 radical (unpaired) electrons. The molecule has 0 aliphatic heterocycles. The van der Waals surface area contributed by atoms with E-state index in [9.17, 15) is 0 Å². The first-order valence-corrected chi connectivity index (χ1v) is 5.03. The Hall–Kier alpha value is -3.91. The SMILES string of the molecule is Nc1nc(N)nc(N)n1.Nc1nc(N)nc(N)n1.O=C([O-])[O-]. The number of nitrogens with two attached hydrogens (primary N) is 6. The van der Waals surface area contributed by atoms with E-state index in [0.29, 0.717) is 0 Å². The first-order chi connectivity index (χ1) is 10.1. The van der Waals surface area contributed by atoms with Crippen LogP contribution >= 0.6 is 0 Å². The Morgan fingerprint density at radius 1 is 0.545 bits per heavy atom. The van der Waals surface area contributed by atoms with Crippen molar-refractivity contribution in [2.75, 3.05) is 34.4 Å². The molecule has 0 unspecified atom stereocenters. The van der Waals surface area contributed by atoms with Crippen LogP contribution in [0.4, 0.5) is 40.5 Å². The van der Waals surface area contributed by atoms with E-state index in [4.69, 9.17) is 49.4 Å². The van der Waals surface area contributed by atoms with Crippen molar-refractivity contribution in [1.29, 1.82) is 0 Å². The first-order valence-electron chi connectivity index (χ1n) is 5.03. The van der Waals surface area contributed by atoms with E-state index < -0.39 is 6.16 Å². The van der Waals surface area contributed by atoms with Gasteiger partial charge < -0.3 is 49.4 Å². The summed E-state index contributed by atoms with van der Waals surface area (Å²) in [4.78, 5) is 29.3. The van der Waals surface area contributed by atoms with Crippen molar-refractivity contribution in [2.24, 2.45) is 0 Å². The molecule has 12 N–H and O–H groups in total. The molecular formula is C7H12N12O3-2. The monoisotopic (exact) mass is 312 g/mol. The van der Waals surface area contributed by atoms with E-state index in [0.717, 1.165) is 0 Å². The van der Waals surface area contributed by atoms with Crippen molar-refractivity contribution < 1.29 is 15.0 Å². The molecule has 22 heavy (non-hydrogen) atoms. The second-order valence-electron chi connectivity index (χ2n) is 3.07. The molecule has 2 aromatic rings. The average molecular weight is 312 g/mol. The summed E-state index contributed by atoms with van der Waals surface area (Å²) in [6.45, 7) is 0. The molecule has 15 nitrogen and oxygen atoms in total. The van der Waals surface area contributed by atoms with Crippen molar-refractivity contribution in [1.82, 2.24) is 29.9 Å². The van der Waals surface area contributed by atoms with Crippen LogP contribution in [0.2, 0.25) is 0 Å². The minimum Gasteiger partial charge on any atom is -0.652 e. The minimum atomic E-state index is -2.33. The third-order valence-electron chi connectivity index (χ3n) is 1.37. The van der Waals surface area contributed by atoms with Gasteiger partial charge in [0.25, 0.3) is 0 Å². The second kappa shape index (κ2) is 8.30. The van der Waals surface area contributed by atoms with E-state index >= 15 is 0 Å². The zero-order valence-corrected chi connectivity index (χ0v) is 10.9. The molecule has 2 aromatic heterocycles. The van der Waals surface area contributed by atoms with Gasteiger partial charge in [-0.15, -0.1) is 0 Å².